The summed E-state index contributed by atoms with van der Waals surface area (Å²) >= 11 is 0. The summed E-state index contributed by atoms with van der Waals surface area (Å²) < 4.78 is 25.9. The van der Waals surface area contributed by atoms with Gasteiger partial charge in [0.15, 0.2) is 17.3 Å². The summed E-state index contributed by atoms with van der Waals surface area (Å²) in [6, 6.07) is 10.3. The zero-order valence-electron chi connectivity index (χ0n) is 11.9. The molecule has 4 rings (SSSR count). The van der Waals surface area contributed by atoms with Gasteiger partial charge in [0.05, 0.1) is 6.26 Å². The molecule has 3 aromatic rings. The van der Waals surface area contributed by atoms with Crippen LogP contribution >= 0.6 is 0 Å². The lowest BCUT2D eigenvalue weighted by Crippen LogP contribution is -2.03. The molecule has 0 unspecified atom stereocenters. The van der Waals surface area contributed by atoms with Crippen LogP contribution in [0, 0.1) is 0 Å². The van der Waals surface area contributed by atoms with E-state index < -0.39 is 5.97 Å². The molecular formula is C16H11NO6. The second kappa shape index (κ2) is 5.53. The molecule has 0 spiro atoms. The Labute approximate surface area is 130 Å². The molecule has 0 saturated heterocycles. The molecule has 0 bridgehead atoms. The fraction of sp³-hybridized carbons (Fsp3) is 0.125. The minimum atomic E-state index is -0.553. The van der Waals surface area contributed by atoms with Crippen LogP contribution in [0.4, 0.5) is 0 Å². The molecule has 0 radical (unpaired) electrons. The van der Waals surface area contributed by atoms with Crippen molar-refractivity contribution in [1.82, 2.24) is 5.16 Å². The first-order valence-electron chi connectivity index (χ1n) is 6.86. The van der Waals surface area contributed by atoms with Gasteiger partial charge in [-0.05, 0) is 30.3 Å². The van der Waals surface area contributed by atoms with E-state index in [1.807, 2.05) is 12.1 Å². The molecule has 23 heavy (non-hydrogen) atoms. The molecule has 0 fully saturated rings. The van der Waals surface area contributed by atoms with Crippen molar-refractivity contribution < 1.29 is 27.9 Å². The van der Waals surface area contributed by atoms with Crippen LogP contribution in [-0.2, 0) is 11.3 Å². The normalized spacial score (nSPS) is 12.3. The molecular weight excluding hydrogens is 302 g/mol. The van der Waals surface area contributed by atoms with E-state index in [-0.39, 0.29) is 19.2 Å². The highest BCUT2D eigenvalue weighted by Gasteiger charge is 2.17. The van der Waals surface area contributed by atoms with Crippen LogP contribution in [0.25, 0.3) is 11.3 Å². The van der Waals surface area contributed by atoms with Gasteiger partial charge in [0, 0.05) is 11.6 Å². The van der Waals surface area contributed by atoms with Crippen LogP contribution in [0.2, 0.25) is 0 Å². The number of carbonyl (C=O) groups is 1. The number of esters is 1. The van der Waals surface area contributed by atoms with Crippen molar-refractivity contribution in [2.75, 3.05) is 6.79 Å². The molecule has 0 N–H and O–H groups in total. The molecule has 1 aliphatic heterocycles. The summed E-state index contributed by atoms with van der Waals surface area (Å²) in [5.41, 5.74) is 1.29. The molecule has 1 aliphatic rings. The first-order valence-corrected chi connectivity index (χ1v) is 6.86. The number of carbonyl (C=O) groups excluding carboxylic acids is 1. The van der Waals surface area contributed by atoms with Gasteiger partial charge in [-0.25, -0.2) is 4.79 Å². The van der Waals surface area contributed by atoms with E-state index in [1.54, 1.807) is 18.2 Å². The van der Waals surface area contributed by atoms with Crippen molar-refractivity contribution in [2.45, 2.75) is 6.61 Å². The zero-order valence-corrected chi connectivity index (χ0v) is 11.9. The largest absolute Gasteiger partial charge is 0.457 e. The number of nitrogens with zero attached hydrogens (tertiary/aromatic N) is 1. The number of furan rings is 1. The standard InChI is InChI=1S/C16H11NO6/c18-16(13-2-1-5-19-13)20-8-11-7-14(23-17-11)10-3-4-12-15(6-10)22-9-21-12/h1-7H,8-9H2. The SMILES string of the molecule is O=C(OCc1cc(-c2ccc3c(c2)OCO3)on1)c1ccco1. The maximum Gasteiger partial charge on any atom is 0.374 e. The third-order valence-electron chi connectivity index (χ3n) is 3.29. The van der Waals surface area contributed by atoms with E-state index in [0.717, 1.165) is 5.56 Å². The summed E-state index contributed by atoms with van der Waals surface area (Å²) in [5.74, 6) is 1.49. The van der Waals surface area contributed by atoms with Crippen molar-refractivity contribution in [3.8, 4) is 22.8 Å². The van der Waals surface area contributed by atoms with Gasteiger partial charge in [-0.3, -0.25) is 0 Å². The number of hydrogen-bond donors (Lipinski definition) is 0. The van der Waals surface area contributed by atoms with Crippen LogP contribution in [0.3, 0.4) is 0 Å². The van der Waals surface area contributed by atoms with Gasteiger partial charge in [0.25, 0.3) is 0 Å². The van der Waals surface area contributed by atoms with Crippen molar-refractivity contribution in [3.05, 3.63) is 54.1 Å². The van der Waals surface area contributed by atoms with Crippen LogP contribution < -0.4 is 9.47 Å². The van der Waals surface area contributed by atoms with Gasteiger partial charge >= 0.3 is 5.97 Å². The average Bonchev–Trinajstić information content (AvgIpc) is 3.32. The maximum atomic E-state index is 11.7. The monoisotopic (exact) mass is 313 g/mol. The van der Waals surface area contributed by atoms with E-state index in [1.165, 1.54) is 12.3 Å². The van der Waals surface area contributed by atoms with Gasteiger partial charge in [0.2, 0.25) is 12.6 Å². The minimum absolute atomic E-state index is 0.00636. The van der Waals surface area contributed by atoms with Crippen LogP contribution in [-0.4, -0.2) is 17.9 Å². The predicted molar refractivity (Wildman–Crippen MR) is 75.9 cm³/mol. The number of ether oxygens (including phenoxy) is 3. The molecule has 2 aromatic heterocycles. The molecule has 0 aliphatic carbocycles. The Morgan fingerprint density at radius 1 is 1.17 bits per heavy atom. The highest BCUT2D eigenvalue weighted by molar-refractivity contribution is 5.86. The molecule has 1 aromatic carbocycles. The minimum Gasteiger partial charge on any atom is -0.457 e. The van der Waals surface area contributed by atoms with Gasteiger partial charge in [-0.15, -0.1) is 0 Å². The Morgan fingerprint density at radius 2 is 2.09 bits per heavy atom. The van der Waals surface area contributed by atoms with Crippen molar-refractivity contribution >= 4 is 5.97 Å². The zero-order chi connectivity index (χ0) is 15.6. The molecule has 0 amide bonds. The van der Waals surface area contributed by atoms with Crippen LogP contribution in [0.5, 0.6) is 11.5 Å². The third kappa shape index (κ3) is 2.64. The van der Waals surface area contributed by atoms with E-state index in [2.05, 4.69) is 5.16 Å². The quantitative estimate of drug-likeness (QED) is 0.684. The number of hydrogen-bond acceptors (Lipinski definition) is 7. The predicted octanol–water partition coefficient (Wildman–Crippen LogP) is 3.02. The summed E-state index contributed by atoms with van der Waals surface area (Å²) in [7, 11) is 0. The molecule has 0 atom stereocenters. The Bertz CT molecular complexity index is 836. The van der Waals surface area contributed by atoms with Gasteiger partial charge in [0.1, 0.15) is 12.3 Å². The molecule has 3 heterocycles. The van der Waals surface area contributed by atoms with Gasteiger partial charge in [-0.1, -0.05) is 5.16 Å². The Balaban J connectivity index is 1.45. The topological polar surface area (TPSA) is 83.9 Å². The average molecular weight is 313 g/mol. The van der Waals surface area contributed by atoms with Crippen LogP contribution in [0.15, 0.2) is 51.6 Å². The fourth-order valence-electron chi connectivity index (χ4n) is 2.17. The second-order valence-corrected chi connectivity index (χ2v) is 4.80. The number of benzene rings is 1. The van der Waals surface area contributed by atoms with E-state index in [4.69, 9.17) is 23.2 Å². The molecule has 116 valence electrons. The highest BCUT2D eigenvalue weighted by Crippen LogP contribution is 2.36. The van der Waals surface area contributed by atoms with Gasteiger partial charge in [-0.2, -0.15) is 0 Å². The first-order chi connectivity index (χ1) is 11.3. The van der Waals surface area contributed by atoms with Crippen molar-refractivity contribution in [2.24, 2.45) is 0 Å². The van der Waals surface area contributed by atoms with Crippen molar-refractivity contribution in [3.63, 3.8) is 0 Å². The van der Waals surface area contributed by atoms with Crippen LogP contribution in [0.1, 0.15) is 16.2 Å². The Morgan fingerprint density at radius 3 is 2.96 bits per heavy atom. The fourth-order valence-corrected chi connectivity index (χ4v) is 2.17. The molecule has 7 heteroatoms. The Hall–Kier alpha value is -3.22. The number of aromatic nitrogens is 1. The van der Waals surface area contributed by atoms with E-state index in [0.29, 0.717) is 23.0 Å². The number of rotatable bonds is 4. The third-order valence-corrected chi connectivity index (χ3v) is 3.29. The van der Waals surface area contributed by atoms with Gasteiger partial charge < -0.3 is 23.2 Å². The molecule has 7 nitrogen and oxygen atoms in total. The highest BCUT2D eigenvalue weighted by atomic mass is 16.7. The summed E-state index contributed by atoms with van der Waals surface area (Å²) in [6.45, 7) is 0.205. The summed E-state index contributed by atoms with van der Waals surface area (Å²) in [6.07, 6.45) is 1.41. The lowest BCUT2D eigenvalue weighted by molar-refractivity contribution is 0.0428. The van der Waals surface area contributed by atoms with E-state index >= 15 is 0 Å². The lowest BCUT2D eigenvalue weighted by atomic mass is 10.1. The molecule has 0 saturated carbocycles. The van der Waals surface area contributed by atoms with E-state index in [9.17, 15) is 4.79 Å². The van der Waals surface area contributed by atoms with Crippen molar-refractivity contribution in [1.29, 1.82) is 0 Å². The number of fused-ring (bicyclic) bond motifs is 1. The maximum absolute atomic E-state index is 11.7. The lowest BCUT2D eigenvalue weighted by Gasteiger charge is -1.99. The smallest absolute Gasteiger partial charge is 0.374 e. The summed E-state index contributed by atoms with van der Waals surface area (Å²) in [5, 5.41) is 3.88. The second-order valence-electron chi connectivity index (χ2n) is 4.80. The summed E-state index contributed by atoms with van der Waals surface area (Å²) in [4.78, 5) is 11.7. The Kier molecular flexibility index (Phi) is 3.23. The first kappa shape index (κ1) is 13.4.